The molecule has 0 heterocycles. The summed E-state index contributed by atoms with van der Waals surface area (Å²) in [6, 6.07) is -2.10. The van der Waals surface area contributed by atoms with E-state index < -0.39 is 38.1 Å². The first-order chi connectivity index (χ1) is 7.07. The normalized spacial score (nSPS) is 12.9. The smallest absolute Gasteiger partial charge is 0.433 e. The summed E-state index contributed by atoms with van der Waals surface area (Å²) in [5.74, 6) is -4.62. The first kappa shape index (κ1) is 14.6. The van der Waals surface area contributed by atoms with Crippen molar-refractivity contribution in [1.82, 2.24) is 4.67 Å². The zero-order valence-corrected chi connectivity index (χ0v) is 9.00. The zero-order chi connectivity index (χ0) is 13.1. The summed E-state index contributed by atoms with van der Waals surface area (Å²) in [6.45, 7) is 0.733. The number of amides is 1. The summed E-state index contributed by atoms with van der Waals surface area (Å²) < 4.78 is 10.6. The highest BCUT2D eigenvalue weighted by Crippen LogP contribution is 2.42. The standard InChI is InChI=1S/C6H10NO8P/c1-3(8)7(16(13,14)15)4(6(11)12)2-5(9)10/h4H,2H2,1H3,(H,9,10)(H,11,12)(H2,13,14,15). The second-order valence-corrected chi connectivity index (χ2v) is 4.29. The molecule has 0 aliphatic heterocycles. The van der Waals surface area contributed by atoms with Crippen LogP contribution >= 0.6 is 7.75 Å². The molecule has 92 valence electrons. The average Bonchev–Trinajstić information content (AvgIpc) is 1.97. The van der Waals surface area contributed by atoms with E-state index in [9.17, 15) is 18.9 Å². The minimum Gasteiger partial charge on any atom is -0.481 e. The number of hydrogen-bond acceptors (Lipinski definition) is 4. The van der Waals surface area contributed by atoms with Gasteiger partial charge in [0.15, 0.2) is 6.04 Å². The van der Waals surface area contributed by atoms with Gasteiger partial charge in [-0.3, -0.25) is 9.59 Å². The van der Waals surface area contributed by atoms with Crippen molar-refractivity contribution in [3.8, 4) is 0 Å². The van der Waals surface area contributed by atoms with Crippen molar-refractivity contribution in [2.75, 3.05) is 0 Å². The van der Waals surface area contributed by atoms with Crippen molar-refractivity contribution in [1.29, 1.82) is 0 Å². The fourth-order valence-corrected chi connectivity index (χ4v) is 1.94. The highest BCUT2D eigenvalue weighted by molar-refractivity contribution is 7.50. The quantitative estimate of drug-likeness (QED) is 0.449. The van der Waals surface area contributed by atoms with Gasteiger partial charge in [0.05, 0.1) is 6.42 Å². The molecule has 1 unspecified atom stereocenters. The van der Waals surface area contributed by atoms with Crippen LogP contribution in [0.5, 0.6) is 0 Å². The van der Waals surface area contributed by atoms with Gasteiger partial charge in [0.1, 0.15) is 0 Å². The van der Waals surface area contributed by atoms with E-state index in [1.54, 1.807) is 0 Å². The third-order valence-corrected chi connectivity index (χ3v) is 2.67. The molecule has 0 aromatic carbocycles. The number of carbonyl (C=O) groups excluding carboxylic acids is 1. The molecule has 10 heteroatoms. The fraction of sp³-hybridized carbons (Fsp3) is 0.500. The minimum atomic E-state index is -5.16. The third-order valence-electron chi connectivity index (χ3n) is 1.55. The van der Waals surface area contributed by atoms with E-state index in [0.717, 1.165) is 6.92 Å². The van der Waals surface area contributed by atoms with Gasteiger partial charge >= 0.3 is 19.7 Å². The Morgan fingerprint density at radius 3 is 1.88 bits per heavy atom. The molecule has 0 saturated carbocycles. The largest absolute Gasteiger partial charge is 0.481 e. The van der Waals surface area contributed by atoms with Gasteiger partial charge in [0.2, 0.25) is 5.91 Å². The van der Waals surface area contributed by atoms with E-state index in [0.29, 0.717) is 0 Å². The van der Waals surface area contributed by atoms with Crippen LogP contribution in [0, 0.1) is 0 Å². The van der Waals surface area contributed by atoms with Crippen molar-refractivity contribution in [3.05, 3.63) is 0 Å². The number of hydrogen-bond donors (Lipinski definition) is 4. The Bertz CT molecular complexity index is 360. The van der Waals surface area contributed by atoms with E-state index in [1.165, 1.54) is 0 Å². The minimum absolute atomic E-state index is 0.260. The topological polar surface area (TPSA) is 152 Å². The Morgan fingerprint density at radius 1 is 1.25 bits per heavy atom. The van der Waals surface area contributed by atoms with Crippen molar-refractivity contribution < 1.29 is 38.9 Å². The number of rotatable bonds is 5. The molecule has 0 fully saturated rings. The molecule has 0 spiro atoms. The summed E-state index contributed by atoms with van der Waals surface area (Å²) in [6.07, 6.45) is -1.10. The second kappa shape index (κ2) is 5.06. The van der Waals surface area contributed by atoms with Gasteiger partial charge in [-0.2, -0.15) is 0 Å². The van der Waals surface area contributed by atoms with Crippen LogP contribution in [-0.2, 0) is 18.9 Å². The monoisotopic (exact) mass is 255 g/mol. The van der Waals surface area contributed by atoms with Crippen LogP contribution in [0.4, 0.5) is 0 Å². The van der Waals surface area contributed by atoms with Crippen LogP contribution in [0.3, 0.4) is 0 Å². The second-order valence-electron chi connectivity index (χ2n) is 2.83. The zero-order valence-electron chi connectivity index (χ0n) is 8.10. The molecule has 16 heavy (non-hydrogen) atoms. The highest BCUT2D eigenvalue weighted by Gasteiger charge is 2.40. The van der Waals surface area contributed by atoms with E-state index in [1.807, 2.05) is 0 Å². The van der Waals surface area contributed by atoms with Crippen LogP contribution in [0.15, 0.2) is 0 Å². The van der Waals surface area contributed by atoms with Crippen LogP contribution < -0.4 is 0 Å². The van der Waals surface area contributed by atoms with Gasteiger partial charge < -0.3 is 20.0 Å². The van der Waals surface area contributed by atoms with Gasteiger partial charge in [-0.1, -0.05) is 0 Å². The molecule has 1 atom stereocenters. The lowest BCUT2D eigenvalue weighted by molar-refractivity contribution is -0.151. The summed E-state index contributed by atoms with van der Waals surface area (Å²) in [4.78, 5) is 49.3. The summed E-state index contributed by atoms with van der Waals surface area (Å²) >= 11 is 0. The predicted octanol–water partition coefficient (Wildman–Crippen LogP) is -1.14. The van der Waals surface area contributed by atoms with Crippen LogP contribution in [0.25, 0.3) is 0 Å². The van der Waals surface area contributed by atoms with Gasteiger partial charge in [0, 0.05) is 6.92 Å². The van der Waals surface area contributed by atoms with Gasteiger partial charge in [-0.15, -0.1) is 0 Å². The Kier molecular flexibility index (Phi) is 4.61. The van der Waals surface area contributed by atoms with Crippen LogP contribution in [-0.4, -0.2) is 48.6 Å². The molecule has 0 bridgehead atoms. The molecular weight excluding hydrogens is 245 g/mol. The summed E-state index contributed by atoms with van der Waals surface area (Å²) in [5.41, 5.74) is 0. The van der Waals surface area contributed by atoms with E-state index in [4.69, 9.17) is 20.0 Å². The Balaban J connectivity index is 5.28. The van der Waals surface area contributed by atoms with E-state index in [2.05, 4.69) is 0 Å². The number of carboxylic acid groups (broad SMARTS) is 2. The number of aliphatic carboxylic acids is 2. The third kappa shape index (κ3) is 3.97. The number of carboxylic acids is 2. The molecule has 0 radical (unpaired) electrons. The maximum absolute atomic E-state index is 10.9. The van der Waals surface area contributed by atoms with Crippen molar-refractivity contribution >= 4 is 25.6 Å². The van der Waals surface area contributed by atoms with Crippen molar-refractivity contribution in [3.63, 3.8) is 0 Å². The maximum atomic E-state index is 10.9. The van der Waals surface area contributed by atoms with Crippen molar-refractivity contribution in [2.45, 2.75) is 19.4 Å². The van der Waals surface area contributed by atoms with Crippen LogP contribution in [0.2, 0.25) is 0 Å². The lowest BCUT2D eigenvalue weighted by atomic mass is 10.2. The van der Waals surface area contributed by atoms with Gasteiger partial charge in [-0.05, 0) is 0 Å². The Labute approximate surface area is 89.5 Å². The van der Waals surface area contributed by atoms with Gasteiger partial charge in [0.25, 0.3) is 0 Å². The lowest BCUT2D eigenvalue weighted by Gasteiger charge is -2.26. The molecule has 0 aromatic heterocycles. The Hall–Kier alpha value is -1.44. The number of nitrogens with zero attached hydrogens (tertiary/aromatic N) is 1. The van der Waals surface area contributed by atoms with E-state index >= 15 is 0 Å². The Morgan fingerprint density at radius 2 is 1.69 bits per heavy atom. The van der Waals surface area contributed by atoms with Crippen molar-refractivity contribution in [2.24, 2.45) is 0 Å². The molecule has 4 N–H and O–H groups in total. The molecule has 0 rings (SSSR count). The lowest BCUT2D eigenvalue weighted by Crippen LogP contribution is -2.43. The molecule has 9 nitrogen and oxygen atoms in total. The number of carbonyl (C=O) groups is 3. The van der Waals surface area contributed by atoms with Gasteiger partial charge in [-0.25, -0.2) is 14.0 Å². The molecule has 0 saturated heterocycles. The van der Waals surface area contributed by atoms with E-state index in [-0.39, 0.29) is 4.67 Å². The molecular formula is C6H10NO8P. The molecule has 0 aliphatic carbocycles. The average molecular weight is 255 g/mol. The fourth-order valence-electron chi connectivity index (χ4n) is 1.03. The van der Waals surface area contributed by atoms with Crippen LogP contribution in [0.1, 0.15) is 13.3 Å². The summed E-state index contributed by atoms with van der Waals surface area (Å²) in [5, 5.41) is 17.0. The highest BCUT2D eigenvalue weighted by atomic mass is 31.2. The maximum Gasteiger partial charge on any atom is 0.433 e. The first-order valence-electron chi connectivity index (χ1n) is 3.87. The predicted molar refractivity (Wildman–Crippen MR) is 48.2 cm³/mol. The SMILES string of the molecule is CC(=O)N(C(CC(=O)O)C(=O)O)P(=O)(O)O. The summed E-state index contributed by atoms with van der Waals surface area (Å²) in [7, 11) is -5.16. The molecule has 0 aromatic rings. The molecule has 1 amide bonds. The molecule has 0 aliphatic rings. The first-order valence-corrected chi connectivity index (χ1v) is 5.44.